The van der Waals surface area contributed by atoms with Crippen molar-refractivity contribution in [2.45, 2.75) is 19.4 Å². The van der Waals surface area contributed by atoms with E-state index >= 15 is 0 Å². The van der Waals surface area contributed by atoms with Crippen LogP contribution in [0.5, 0.6) is 0 Å². The predicted molar refractivity (Wildman–Crippen MR) is 76.1 cm³/mol. The van der Waals surface area contributed by atoms with Gasteiger partial charge in [-0.05, 0) is 48.2 Å². The lowest BCUT2D eigenvalue weighted by molar-refractivity contribution is 0.697. The molecule has 1 N–H and O–H groups in total. The number of nitrogens with one attached hydrogen (secondary N) is 1. The Morgan fingerprint density at radius 2 is 1.94 bits per heavy atom. The molecule has 0 aliphatic heterocycles. The van der Waals surface area contributed by atoms with Gasteiger partial charge >= 0.3 is 0 Å². The third-order valence-corrected chi connectivity index (χ3v) is 4.19. The van der Waals surface area contributed by atoms with Gasteiger partial charge in [-0.25, -0.2) is 0 Å². The maximum absolute atomic E-state index is 5.93. The van der Waals surface area contributed by atoms with Crippen molar-refractivity contribution in [3.8, 4) is 0 Å². The van der Waals surface area contributed by atoms with E-state index in [-0.39, 0.29) is 6.04 Å². The molecule has 1 unspecified atom stereocenters. The summed E-state index contributed by atoms with van der Waals surface area (Å²) in [6, 6.07) is 10.5. The fraction of sp³-hybridized carbons (Fsp3) is 0.286. The Bertz CT molecular complexity index is 475. The zero-order valence-electron chi connectivity index (χ0n) is 10.0. The third kappa shape index (κ3) is 2.71. The van der Waals surface area contributed by atoms with Crippen molar-refractivity contribution in [1.82, 2.24) is 5.32 Å². The Morgan fingerprint density at radius 3 is 2.53 bits per heavy atom. The van der Waals surface area contributed by atoms with E-state index in [1.165, 1.54) is 16.0 Å². The van der Waals surface area contributed by atoms with E-state index in [2.05, 4.69) is 35.8 Å². The summed E-state index contributed by atoms with van der Waals surface area (Å²) >= 11 is 7.74. The van der Waals surface area contributed by atoms with Gasteiger partial charge in [-0.15, -0.1) is 11.3 Å². The van der Waals surface area contributed by atoms with Crippen molar-refractivity contribution in [1.29, 1.82) is 0 Å². The Labute approximate surface area is 111 Å². The molecule has 0 fully saturated rings. The van der Waals surface area contributed by atoms with Crippen LogP contribution in [0.25, 0.3) is 0 Å². The minimum atomic E-state index is 0.266. The SMILES string of the molecule is CCc1ccsc1C(NC)c1ccc(Cl)cc1. The standard InChI is InChI=1S/C14H16ClNS/c1-3-10-8-9-17-14(10)13(16-2)11-4-6-12(15)7-5-11/h4-9,13,16H,3H2,1-2H3. The molecule has 1 aromatic heterocycles. The minimum absolute atomic E-state index is 0.266. The average molecular weight is 266 g/mol. The molecule has 1 heterocycles. The number of benzene rings is 1. The summed E-state index contributed by atoms with van der Waals surface area (Å²) < 4.78 is 0. The van der Waals surface area contributed by atoms with E-state index in [1.54, 1.807) is 0 Å². The molecule has 2 aromatic rings. The highest BCUT2D eigenvalue weighted by molar-refractivity contribution is 7.10. The van der Waals surface area contributed by atoms with Gasteiger partial charge in [0, 0.05) is 9.90 Å². The number of rotatable bonds is 4. The first-order valence-electron chi connectivity index (χ1n) is 5.75. The molecule has 0 amide bonds. The zero-order chi connectivity index (χ0) is 12.3. The number of thiophene rings is 1. The molecule has 3 heteroatoms. The summed E-state index contributed by atoms with van der Waals surface area (Å²) in [5.74, 6) is 0. The molecule has 90 valence electrons. The van der Waals surface area contributed by atoms with Crippen molar-refractivity contribution in [2.75, 3.05) is 7.05 Å². The first-order chi connectivity index (χ1) is 8.26. The molecule has 2 rings (SSSR count). The van der Waals surface area contributed by atoms with Gasteiger partial charge in [-0.3, -0.25) is 0 Å². The molecule has 0 spiro atoms. The molecule has 1 aromatic carbocycles. The topological polar surface area (TPSA) is 12.0 Å². The molecular formula is C14H16ClNS. The molecule has 0 saturated carbocycles. The summed E-state index contributed by atoms with van der Waals surface area (Å²) in [5.41, 5.74) is 2.68. The molecule has 1 nitrogen and oxygen atoms in total. The normalized spacial score (nSPS) is 12.6. The first kappa shape index (κ1) is 12.6. The number of hydrogen-bond acceptors (Lipinski definition) is 2. The fourth-order valence-electron chi connectivity index (χ4n) is 2.00. The zero-order valence-corrected chi connectivity index (χ0v) is 11.6. The van der Waals surface area contributed by atoms with Gasteiger partial charge in [-0.2, -0.15) is 0 Å². The summed E-state index contributed by atoms with van der Waals surface area (Å²) in [7, 11) is 2.00. The number of halogens is 1. The molecule has 0 radical (unpaired) electrons. The predicted octanol–water partition coefficient (Wildman–Crippen LogP) is 4.27. The molecule has 1 atom stereocenters. The Kier molecular flexibility index (Phi) is 4.21. The van der Waals surface area contributed by atoms with Crippen LogP contribution in [0.1, 0.15) is 29.0 Å². The number of aryl methyl sites for hydroxylation is 1. The molecular weight excluding hydrogens is 250 g/mol. The van der Waals surface area contributed by atoms with E-state index < -0.39 is 0 Å². The molecule has 0 saturated heterocycles. The number of hydrogen-bond donors (Lipinski definition) is 1. The van der Waals surface area contributed by atoms with Crippen molar-refractivity contribution in [3.63, 3.8) is 0 Å². The van der Waals surface area contributed by atoms with Gasteiger partial charge in [0.2, 0.25) is 0 Å². The molecule has 0 aliphatic carbocycles. The lowest BCUT2D eigenvalue weighted by Crippen LogP contribution is -2.17. The highest BCUT2D eigenvalue weighted by Crippen LogP contribution is 2.30. The maximum atomic E-state index is 5.93. The van der Waals surface area contributed by atoms with Crippen LogP contribution in [0.2, 0.25) is 5.02 Å². The van der Waals surface area contributed by atoms with E-state index in [9.17, 15) is 0 Å². The van der Waals surface area contributed by atoms with Crippen LogP contribution in [0.15, 0.2) is 35.7 Å². The van der Waals surface area contributed by atoms with E-state index in [4.69, 9.17) is 11.6 Å². The van der Waals surface area contributed by atoms with Crippen molar-refractivity contribution in [3.05, 3.63) is 56.7 Å². The third-order valence-electron chi connectivity index (χ3n) is 2.92. The minimum Gasteiger partial charge on any atom is -0.309 e. The van der Waals surface area contributed by atoms with Crippen molar-refractivity contribution >= 4 is 22.9 Å². The van der Waals surface area contributed by atoms with E-state index in [0.29, 0.717) is 0 Å². The van der Waals surface area contributed by atoms with Crippen LogP contribution in [0.3, 0.4) is 0 Å². The van der Waals surface area contributed by atoms with Crippen LogP contribution in [0.4, 0.5) is 0 Å². The summed E-state index contributed by atoms with van der Waals surface area (Å²) in [4.78, 5) is 1.40. The summed E-state index contributed by atoms with van der Waals surface area (Å²) in [6.45, 7) is 2.19. The van der Waals surface area contributed by atoms with Gasteiger partial charge in [-0.1, -0.05) is 30.7 Å². The van der Waals surface area contributed by atoms with Crippen LogP contribution >= 0.6 is 22.9 Å². The lowest BCUT2D eigenvalue weighted by Gasteiger charge is -2.17. The summed E-state index contributed by atoms with van der Waals surface area (Å²) in [6.07, 6.45) is 1.07. The van der Waals surface area contributed by atoms with E-state index in [0.717, 1.165) is 11.4 Å². The van der Waals surface area contributed by atoms with Crippen LogP contribution in [-0.4, -0.2) is 7.05 Å². The van der Waals surface area contributed by atoms with Gasteiger partial charge in [0.25, 0.3) is 0 Å². The molecule has 0 bridgehead atoms. The second kappa shape index (κ2) is 5.67. The van der Waals surface area contributed by atoms with Gasteiger partial charge in [0.1, 0.15) is 0 Å². The maximum Gasteiger partial charge on any atom is 0.0671 e. The van der Waals surface area contributed by atoms with Crippen molar-refractivity contribution < 1.29 is 0 Å². The van der Waals surface area contributed by atoms with Crippen LogP contribution in [0, 0.1) is 0 Å². The largest absolute Gasteiger partial charge is 0.309 e. The van der Waals surface area contributed by atoms with Crippen LogP contribution in [-0.2, 0) is 6.42 Å². The fourth-order valence-corrected chi connectivity index (χ4v) is 3.26. The lowest BCUT2D eigenvalue weighted by atomic mass is 10.0. The second-order valence-electron chi connectivity index (χ2n) is 3.94. The Morgan fingerprint density at radius 1 is 1.24 bits per heavy atom. The molecule has 0 aliphatic rings. The van der Waals surface area contributed by atoms with Gasteiger partial charge < -0.3 is 5.32 Å². The summed E-state index contributed by atoms with van der Waals surface area (Å²) in [5, 5.41) is 6.33. The highest BCUT2D eigenvalue weighted by atomic mass is 35.5. The van der Waals surface area contributed by atoms with E-state index in [1.807, 2.05) is 30.5 Å². The van der Waals surface area contributed by atoms with Crippen molar-refractivity contribution in [2.24, 2.45) is 0 Å². The monoisotopic (exact) mass is 265 g/mol. The highest BCUT2D eigenvalue weighted by Gasteiger charge is 2.16. The first-order valence-corrected chi connectivity index (χ1v) is 7.01. The van der Waals surface area contributed by atoms with Gasteiger partial charge in [0.15, 0.2) is 0 Å². The quantitative estimate of drug-likeness (QED) is 0.870. The Balaban J connectivity index is 2.36. The van der Waals surface area contributed by atoms with Gasteiger partial charge in [0.05, 0.1) is 6.04 Å². The Hall–Kier alpha value is -0.830. The average Bonchev–Trinajstić information content (AvgIpc) is 2.81. The molecule has 17 heavy (non-hydrogen) atoms. The smallest absolute Gasteiger partial charge is 0.0671 e. The second-order valence-corrected chi connectivity index (χ2v) is 5.32. The van der Waals surface area contributed by atoms with Crippen LogP contribution < -0.4 is 5.32 Å².